The van der Waals surface area contributed by atoms with Gasteiger partial charge in [0, 0.05) is 15.2 Å². The van der Waals surface area contributed by atoms with Crippen molar-refractivity contribution in [3.63, 3.8) is 0 Å². The van der Waals surface area contributed by atoms with Crippen LogP contribution in [-0.4, -0.2) is 44.6 Å². The topological polar surface area (TPSA) is 0 Å². The van der Waals surface area contributed by atoms with Gasteiger partial charge < -0.3 is 0 Å². The van der Waals surface area contributed by atoms with Gasteiger partial charge in [0.1, 0.15) is 0 Å². The maximum absolute atomic E-state index is 13.3. The van der Waals surface area contributed by atoms with Crippen molar-refractivity contribution in [2.45, 2.75) is 67.8 Å². The number of halogens is 13. The van der Waals surface area contributed by atoms with E-state index in [0.717, 1.165) is 0 Å². The third-order valence-corrected chi connectivity index (χ3v) is 4.52. The molecular weight excluding hydrogens is 407 g/mol. The van der Waals surface area contributed by atoms with Crippen molar-refractivity contribution in [3.05, 3.63) is 0 Å². The second-order valence-electron chi connectivity index (χ2n) is 5.56. The fourth-order valence-electron chi connectivity index (χ4n) is 1.62. The maximum atomic E-state index is 13.3. The second-order valence-corrected chi connectivity index (χ2v) is 8.47. The lowest BCUT2D eigenvalue weighted by Gasteiger charge is -2.39. The summed E-state index contributed by atoms with van der Waals surface area (Å²) in [4.78, 5) is 0. The van der Waals surface area contributed by atoms with E-state index in [1.807, 2.05) is 0 Å². The molecule has 0 rings (SSSR count). The van der Waals surface area contributed by atoms with E-state index in [4.69, 9.17) is 0 Å². The van der Waals surface area contributed by atoms with Crippen LogP contribution in [0.5, 0.6) is 0 Å². The minimum Gasteiger partial charge on any atom is -0.200 e. The Kier molecular flexibility index (Phi) is 6.61. The molecule has 14 heteroatoms. The van der Waals surface area contributed by atoms with Crippen LogP contribution in [-0.2, 0) is 0 Å². The quantitative estimate of drug-likeness (QED) is 0.322. The molecule has 0 saturated carbocycles. The predicted molar refractivity (Wildman–Crippen MR) is 62.3 cm³/mol. The highest BCUT2D eigenvalue weighted by atomic mass is 28.3. The lowest BCUT2D eigenvalue weighted by molar-refractivity contribution is -0.440. The van der Waals surface area contributed by atoms with E-state index in [9.17, 15) is 57.1 Å². The molecule has 0 amide bonds. The van der Waals surface area contributed by atoms with Crippen LogP contribution in [0, 0.1) is 0 Å². The van der Waals surface area contributed by atoms with Crippen molar-refractivity contribution in [1.29, 1.82) is 0 Å². The summed E-state index contributed by atoms with van der Waals surface area (Å²) in [6.45, 7) is 3.04. The van der Waals surface area contributed by atoms with Gasteiger partial charge in [-0.2, -0.15) is 57.1 Å². The standard InChI is InChI=1S/C11H12F13Si/c1-25(2)5-3-4-6(12,13)7(14,15)8(16,17)9(18,19)10(20,21)11(22,23)24/h3-5H2,1-2H3. The van der Waals surface area contributed by atoms with Gasteiger partial charge >= 0.3 is 35.8 Å². The lowest BCUT2D eigenvalue weighted by Crippen LogP contribution is -2.70. The molecule has 1 radical (unpaired) electrons. The van der Waals surface area contributed by atoms with E-state index in [0.29, 0.717) is 0 Å². The van der Waals surface area contributed by atoms with Crippen molar-refractivity contribution < 1.29 is 57.1 Å². The van der Waals surface area contributed by atoms with Crippen LogP contribution in [0.2, 0.25) is 19.1 Å². The first-order chi connectivity index (χ1) is 10.7. The van der Waals surface area contributed by atoms with Gasteiger partial charge in [-0.05, 0) is 6.42 Å². The molecule has 0 heterocycles. The Morgan fingerprint density at radius 2 is 0.920 bits per heavy atom. The van der Waals surface area contributed by atoms with Gasteiger partial charge in [0.25, 0.3) is 0 Å². The Morgan fingerprint density at radius 1 is 0.560 bits per heavy atom. The Bertz CT molecular complexity index is 451. The van der Waals surface area contributed by atoms with Gasteiger partial charge in [0.05, 0.1) is 0 Å². The zero-order chi connectivity index (χ0) is 20.7. The van der Waals surface area contributed by atoms with E-state index >= 15 is 0 Å². The first kappa shape index (κ1) is 24.3. The summed E-state index contributed by atoms with van der Waals surface area (Å²) in [5.74, 6) is -36.2. The summed E-state index contributed by atoms with van der Waals surface area (Å²) in [5.41, 5.74) is 0. The van der Waals surface area contributed by atoms with Crippen molar-refractivity contribution >= 4 is 8.80 Å². The number of rotatable bonds is 8. The molecule has 0 unspecified atom stereocenters. The molecule has 0 N–H and O–H groups in total. The van der Waals surface area contributed by atoms with E-state index in [1.54, 1.807) is 0 Å². The Labute approximate surface area is 135 Å². The number of hydrogen-bond acceptors (Lipinski definition) is 0. The summed E-state index contributed by atoms with van der Waals surface area (Å²) < 4.78 is 166. The van der Waals surface area contributed by atoms with Crippen LogP contribution < -0.4 is 0 Å². The van der Waals surface area contributed by atoms with Crippen LogP contribution in [0.4, 0.5) is 57.1 Å². The van der Waals surface area contributed by atoms with E-state index in [2.05, 4.69) is 0 Å². The van der Waals surface area contributed by atoms with Gasteiger partial charge in [0.15, 0.2) is 0 Å². The van der Waals surface area contributed by atoms with Gasteiger partial charge in [-0.3, -0.25) is 0 Å². The number of alkyl halides is 13. The third-order valence-electron chi connectivity index (χ3n) is 3.17. The van der Waals surface area contributed by atoms with Crippen LogP contribution in [0.1, 0.15) is 12.8 Å². The number of hydrogen-bond donors (Lipinski definition) is 0. The van der Waals surface area contributed by atoms with Crippen molar-refractivity contribution in [3.8, 4) is 0 Å². The second kappa shape index (κ2) is 6.80. The normalized spacial score (nSPS) is 15.8. The highest BCUT2D eigenvalue weighted by molar-refractivity contribution is 6.55. The monoisotopic (exact) mass is 419 g/mol. The third kappa shape index (κ3) is 4.02. The van der Waals surface area contributed by atoms with Crippen molar-refractivity contribution in [1.82, 2.24) is 0 Å². The van der Waals surface area contributed by atoms with Crippen LogP contribution in [0.3, 0.4) is 0 Å². The largest absolute Gasteiger partial charge is 0.460 e. The van der Waals surface area contributed by atoms with Gasteiger partial charge in [0.2, 0.25) is 0 Å². The molecule has 25 heavy (non-hydrogen) atoms. The molecule has 0 aromatic carbocycles. The average Bonchev–Trinajstić information content (AvgIpc) is 2.35. The smallest absolute Gasteiger partial charge is 0.200 e. The molecule has 0 nitrogen and oxygen atoms in total. The van der Waals surface area contributed by atoms with E-state index in [-0.39, 0.29) is 6.04 Å². The fraction of sp³-hybridized carbons (Fsp3) is 1.00. The van der Waals surface area contributed by atoms with E-state index in [1.165, 1.54) is 13.1 Å². The molecule has 0 aliphatic heterocycles. The van der Waals surface area contributed by atoms with Crippen molar-refractivity contribution in [2.75, 3.05) is 0 Å². The average molecular weight is 419 g/mol. The van der Waals surface area contributed by atoms with E-state index < -0.39 is 57.4 Å². The summed E-state index contributed by atoms with van der Waals surface area (Å²) in [6.07, 6.45) is -10.3. The Morgan fingerprint density at radius 3 is 1.24 bits per heavy atom. The fourth-order valence-corrected chi connectivity index (χ4v) is 2.51. The SMILES string of the molecule is C[Si](C)CCCC(F)(F)C(F)(F)C(F)(F)C(F)(F)C(F)(F)C(F)(F)F. The molecule has 0 saturated heterocycles. The highest BCUT2D eigenvalue weighted by Crippen LogP contribution is 2.60. The summed E-state index contributed by atoms with van der Waals surface area (Å²) in [6, 6.07) is -0.128. The van der Waals surface area contributed by atoms with Crippen LogP contribution >= 0.6 is 0 Å². The molecule has 0 aliphatic carbocycles. The van der Waals surface area contributed by atoms with Crippen LogP contribution in [0.15, 0.2) is 0 Å². The first-order valence-electron chi connectivity index (χ1n) is 6.41. The Hall–Kier alpha value is -0.693. The predicted octanol–water partition coefficient (Wildman–Crippen LogP) is 6.26. The zero-order valence-corrected chi connectivity index (χ0v) is 13.5. The summed E-state index contributed by atoms with van der Waals surface area (Å²) in [7, 11) is -1.29. The molecular formula is C11H12F13Si. The molecule has 0 bridgehead atoms. The minimum absolute atomic E-state index is 0.128. The van der Waals surface area contributed by atoms with Crippen molar-refractivity contribution in [2.24, 2.45) is 0 Å². The Balaban J connectivity index is 5.86. The highest BCUT2D eigenvalue weighted by Gasteiger charge is 2.90. The van der Waals surface area contributed by atoms with Gasteiger partial charge in [-0.1, -0.05) is 19.1 Å². The van der Waals surface area contributed by atoms with Gasteiger partial charge in [-0.15, -0.1) is 0 Å². The maximum Gasteiger partial charge on any atom is 0.460 e. The molecule has 0 atom stereocenters. The van der Waals surface area contributed by atoms with Gasteiger partial charge in [-0.25, -0.2) is 0 Å². The minimum atomic E-state index is -7.81. The molecule has 0 fully saturated rings. The molecule has 0 aliphatic rings. The molecule has 0 spiro atoms. The van der Waals surface area contributed by atoms with Crippen LogP contribution in [0.25, 0.3) is 0 Å². The summed E-state index contributed by atoms with van der Waals surface area (Å²) >= 11 is 0. The molecule has 151 valence electrons. The summed E-state index contributed by atoms with van der Waals surface area (Å²) in [5, 5.41) is 0. The molecule has 0 aromatic heterocycles. The molecule has 0 aromatic rings. The lowest BCUT2D eigenvalue weighted by atomic mass is 9.92. The zero-order valence-electron chi connectivity index (χ0n) is 12.5. The first-order valence-corrected chi connectivity index (χ1v) is 9.12.